The summed E-state index contributed by atoms with van der Waals surface area (Å²) in [6.07, 6.45) is 0. The van der Waals surface area contributed by atoms with Crippen LogP contribution < -0.4 is 0 Å². The van der Waals surface area contributed by atoms with Crippen molar-refractivity contribution in [3.05, 3.63) is 83.8 Å². The van der Waals surface area contributed by atoms with E-state index in [-0.39, 0.29) is 16.5 Å². The summed E-state index contributed by atoms with van der Waals surface area (Å²) in [5.74, 6) is -2.50. The third kappa shape index (κ3) is 2.48. The van der Waals surface area contributed by atoms with Crippen molar-refractivity contribution in [2.24, 2.45) is 0 Å². The predicted molar refractivity (Wildman–Crippen MR) is 91.1 cm³/mol. The molecule has 0 bridgehead atoms. The van der Waals surface area contributed by atoms with Crippen molar-refractivity contribution in [2.75, 3.05) is 0 Å². The largest absolute Gasteiger partial charge is 0.241 e. The molecular weight excluding hydrogens is 325 g/mol. The van der Waals surface area contributed by atoms with E-state index >= 15 is 0 Å². The molecule has 0 atom stereocenters. The van der Waals surface area contributed by atoms with E-state index in [2.05, 4.69) is 5.10 Å². The van der Waals surface area contributed by atoms with E-state index in [9.17, 15) is 13.2 Å². The van der Waals surface area contributed by atoms with Gasteiger partial charge in [0.2, 0.25) is 5.95 Å². The Labute approximate surface area is 142 Å². The lowest BCUT2D eigenvalue weighted by Gasteiger charge is -2.07. The van der Waals surface area contributed by atoms with Crippen LogP contribution in [0.2, 0.25) is 0 Å². The molecular formula is C20H13F3N2. The number of hydrogen-bond acceptors (Lipinski definition) is 1. The number of halogens is 3. The van der Waals surface area contributed by atoms with Crippen molar-refractivity contribution in [1.82, 2.24) is 9.78 Å². The summed E-state index contributed by atoms with van der Waals surface area (Å²) in [7, 11) is 0. The SMILES string of the molecule is Cc1c(F)cc2c(F)nn(-c3ccc(-c4ccccc4)cc3)c2c1F. The van der Waals surface area contributed by atoms with E-state index < -0.39 is 17.6 Å². The monoisotopic (exact) mass is 338 g/mol. The topological polar surface area (TPSA) is 17.8 Å². The van der Waals surface area contributed by atoms with Crippen molar-refractivity contribution < 1.29 is 13.2 Å². The van der Waals surface area contributed by atoms with Gasteiger partial charge in [-0.3, -0.25) is 0 Å². The summed E-state index contributed by atoms with van der Waals surface area (Å²) in [6.45, 7) is 1.32. The lowest BCUT2D eigenvalue weighted by atomic mass is 10.1. The highest BCUT2D eigenvalue weighted by molar-refractivity contribution is 5.82. The van der Waals surface area contributed by atoms with Gasteiger partial charge in [0.15, 0.2) is 5.82 Å². The summed E-state index contributed by atoms with van der Waals surface area (Å²) < 4.78 is 43.4. The Morgan fingerprint density at radius 2 is 1.48 bits per heavy atom. The summed E-state index contributed by atoms with van der Waals surface area (Å²) in [4.78, 5) is 0. The zero-order valence-electron chi connectivity index (χ0n) is 13.3. The Morgan fingerprint density at radius 3 is 2.16 bits per heavy atom. The molecule has 0 aliphatic carbocycles. The Morgan fingerprint density at radius 1 is 0.840 bits per heavy atom. The first kappa shape index (κ1) is 15.4. The second kappa shape index (κ2) is 5.77. The molecule has 0 saturated heterocycles. The third-order valence-corrected chi connectivity index (χ3v) is 4.26. The van der Waals surface area contributed by atoms with Gasteiger partial charge in [-0.25, -0.2) is 13.5 Å². The van der Waals surface area contributed by atoms with Crippen LogP contribution in [0.15, 0.2) is 60.7 Å². The molecule has 1 aromatic heterocycles. The molecule has 1 heterocycles. The summed E-state index contributed by atoms with van der Waals surface area (Å²) in [5.41, 5.74) is 2.29. The maximum absolute atomic E-state index is 14.5. The van der Waals surface area contributed by atoms with Gasteiger partial charge in [-0.15, -0.1) is 5.10 Å². The first-order valence-electron chi connectivity index (χ1n) is 7.75. The van der Waals surface area contributed by atoms with Crippen molar-refractivity contribution in [1.29, 1.82) is 0 Å². The summed E-state index contributed by atoms with van der Waals surface area (Å²) >= 11 is 0. The van der Waals surface area contributed by atoms with Gasteiger partial charge in [0.1, 0.15) is 11.3 Å². The molecule has 0 N–H and O–H groups in total. The first-order chi connectivity index (χ1) is 12.1. The molecule has 124 valence electrons. The average molecular weight is 338 g/mol. The molecule has 0 saturated carbocycles. The van der Waals surface area contributed by atoms with Crippen LogP contribution in [-0.4, -0.2) is 9.78 Å². The number of fused-ring (bicyclic) bond motifs is 1. The first-order valence-corrected chi connectivity index (χ1v) is 7.75. The van der Waals surface area contributed by atoms with Crippen LogP contribution in [0.25, 0.3) is 27.7 Å². The number of nitrogens with zero attached hydrogens (tertiary/aromatic N) is 2. The third-order valence-electron chi connectivity index (χ3n) is 4.26. The number of benzene rings is 3. The van der Waals surface area contributed by atoms with Crippen LogP contribution in [0.1, 0.15) is 5.56 Å². The van der Waals surface area contributed by atoms with Crippen LogP contribution in [0.3, 0.4) is 0 Å². The van der Waals surface area contributed by atoms with Gasteiger partial charge in [0, 0.05) is 5.56 Å². The van der Waals surface area contributed by atoms with E-state index in [4.69, 9.17) is 0 Å². The molecule has 0 aliphatic heterocycles. The van der Waals surface area contributed by atoms with Gasteiger partial charge in [-0.05, 0) is 36.2 Å². The highest BCUT2D eigenvalue weighted by Gasteiger charge is 2.20. The van der Waals surface area contributed by atoms with Crippen molar-refractivity contribution >= 4 is 10.9 Å². The van der Waals surface area contributed by atoms with Crippen molar-refractivity contribution in [2.45, 2.75) is 6.92 Å². The lowest BCUT2D eigenvalue weighted by Crippen LogP contribution is -2.00. The normalized spacial score (nSPS) is 11.2. The molecule has 0 radical (unpaired) electrons. The van der Waals surface area contributed by atoms with Gasteiger partial charge in [-0.1, -0.05) is 42.5 Å². The van der Waals surface area contributed by atoms with Gasteiger partial charge >= 0.3 is 0 Å². The highest BCUT2D eigenvalue weighted by atomic mass is 19.1. The van der Waals surface area contributed by atoms with E-state index in [1.165, 1.54) is 11.6 Å². The molecule has 3 aromatic carbocycles. The Hall–Kier alpha value is -3.08. The quantitative estimate of drug-likeness (QED) is 0.477. The molecule has 4 rings (SSSR count). The standard InChI is InChI=1S/C20H13F3N2/c1-12-17(21)11-16-19(18(12)22)25(24-20(16)23)15-9-7-14(8-10-15)13-5-3-2-4-6-13/h2-11H,1H3. The van der Waals surface area contributed by atoms with Crippen LogP contribution in [0.4, 0.5) is 13.2 Å². The van der Waals surface area contributed by atoms with Gasteiger partial charge in [-0.2, -0.15) is 4.39 Å². The molecule has 25 heavy (non-hydrogen) atoms. The fourth-order valence-electron chi connectivity index (χ4n) is 2.87. The minimum absolute atomic E-state index is 0.0659. The van der Waals surface area contributed by atoms with Gasteiger partial charge in [0.05, 0.1) is 11.1 Å². The molecule has 2 nitrogen and oxygen atoms in total. The number of hydrogen-bond donors (Lipinski definition) is 0. The van der Waals surface area contributed by atoms with E-state index in [0.29, 0.717) is 5.69 Å². The zero-order chi connectivity index (χ0) is 17.6. The van der Waals surface area contributed by atoms with E-state index in [1.807, 2.05) is 42.5 Å². The maximum atomic E-state index is 14.5. The van der Waals surface area contributed by atoms with E-state index in [1.54, 1.807) is 12.1 Å². The number of rotatable bonds is 2. The summed E-state index contributed by atoms with van der Waals surface area (Å²) in [5, 5.41) is 3.58. The molecule has 0 aliphatic rings. The minimum atomic E-state index is -0.903. The van der Waals surface area contributed by atoms with E-state index in [0.717, 1.165) is 17.2 Å². The van der Waals surface area contributed by atoms with Crippen molar-refractivity contribution in [3.8, 4) is 16.8 Å². The Balaban J connectivity index is 1.87. The predicted octanol–water partition coefficient (Wildman–Crippen LogP) is 5.42. The summed E-state index contributed by atoms with van der Waals surface area (Å²) in [6, 6.07) is 17.9. The molecule has 4 aromatic rings. The van der Waals surface area contributed by atoms with Crippen LogP contribution in [-0.2, 0) is 0 Å². The fraction of sp³-hybridized carbons (Fsp3) is 0.0500. The van der Waals surface area contributed by atoms with Crippen LogP contribution >= 0.6 is 0 Å². The molecule has 0 spiro atoms. The zero-order valence-corrected chi connectivity index (χ0v) is 13.3. The molecule has 0 unspecified atom stereocenters. The lowest BCUT2D eigenvalue weighted by molar-refractivity contribution is 0.573. The van der Waals surface area contributed by atoms with Crippen LogP contribution in [0.5, 0.6) is 0 Å². The fourth-order valence-corrected chi connectivity index (χ4v) is 2.87. The molecule has 0 fully saturated rings. The molecule has 5 heteroatoms. The highest BCUT2D eigenvalue weighted by Crippen LogP contribution is 2.29. The second-order valence-electron chi connectivity index (χ2n) is 5.81. The Kier molecular flexibility index (Phi) is 3.57. The second-order valence-corrected chi connectivity index (χ2v) is 5.81. The van der Waals surface area contributed by atoms with Gasteiger partial charge in [0.25, 0.3) is 0 Å². The Bertz CT molecular complexity index is 1070. The van der Waals surface area contributed by atoms with Crippen LogP contribution in [0, 0.1) is 24.5 Å². The van der Waals surface area contributed by atoms with Gasteiger partial charge < -0.3 is 0 Å². The number of aromatic nitrogens is 2. The minimum Gasteiger partial charge on any atom is -0.227 e. The maximum Gasteiger partial charge on any atom is 0.241 e. The average Bonchev–Trinajstić information content (AvgIpc) is 2.97. The smallest absolute Gasteiger partial charge is 0.227 e. The molecule has 0 amide bonds. The van der Waals surface area contributed by atoms with Crippen molar-refractivity contribution in [3.63, 3.8) is 0 Å².